The molecule has 0 spiro atoms. The van der Waals surface area contributed by atoms with Crippen LogP contribution in [0.2, 0.25) is 0 Å². The summed E-state index contributed by atoms with van der Waals surface area (Å²) in [5.41, 5.74) is 0.610. The van der Waals surface area contributed by atoms with Crippen LogP contribution in [0.5, 0.6) is 0 Å². The Morgan fingerprint density at radius 3 is 2.83 bits per heavy atom. The van der Waals surface area contributed by atoms with E-state index in [9.17, 15) is 4.79 Å². The van der Waals surface area contributed by atoms with Gasteiger partial charge in [0.15, 0.2) is 0 Å². The zero-order chi connectivity index (χ0) is 13.4. The highest BCUT2D eigenvalue weighted by molar-refractivity contribution is 5.67. The number of carbonyl (C=O) groups is 1. The van der Waals surface area contributed by atoms with Crippen LogP contribution in [0.3, 0.4) is 0 Å². The van der Waals surface area contributed by atoms with Gasteiger partial charge in [-0.1, -0.05) is 0 Å². The lowest BCUT2D eigenvalue weighted by atomic mass is 10.2. The molecule has 0 aliphatic rings. The number of rotatable bonds is 6. The molecule has 0 bridgehead atoms. The van der Waals surface area contributed by atoms with Crippen LogP contribution in [0.25, 0.3) is 0 Å². The molecule has 0 aromatic carbocycles. The summed E-state index contributed by atoms with van der Waals surface area (Å²) in [6.45, 7) is 7.72. The van der Waals surface area contributed by atoms with Crippen molar-refractivity contribution in [1.29, 1.82) is 0 Å². The monoisotopic (exact) mass is 254 g/mol. The summed E-state index contributed by atoms with van der Waals surface area (Å²) in [6.07, 6.45) is 2.21. The lowest BCUT2D eigenvalue weighted by Crippen LogP contribution is -2.33. The average Bonchev–Trinajstić information content (AvgIpc) is 2.73. The summed E-state index contributed by atoms with van der Waals surface area (Å²) < 4.78 is 5.12. The zero-order valence-corrected chi connectivity index (χ0v) is 11.2. The number of hydrogen-bond donors (Lipinski definition) is 3. The quantitative estimate of drug-likeness (QED) is 0.671. The summed E-state index contributed by atoms with van der Waals surface area (Å²) in [6, 6.07) is 1.92. The predicted octanol–water partition coefficient (Wildman–Crippen LogP) is 1.41. The second kappa shape index (κ2) is 7.00. The van der Waals surface area contributed by atoms with Crippen LogP contribution < -0.4 is 10.6 Å². The minimum atomic E-state index is -0.442. The number of nitrogens with zero attached hydrogens (tertiary/aromatic N) is 1. The molecule has 6 nitrogen and oxygen atoms in total. The molecule has 1 heterocycles. The third kappa shape index (κ3) is 6.90. The molecule has 0 saturated heterocycles. The Balaban J connectivity index is 1.97. The Bertz CT molecular complexity index is 343. The van der Waals surface area contributed by atoms with Crippen LogP contribution in [0.1, 0.15) is 32.9 Å². The molecule has 1 aromatic rings. The van der Waals surface area contributed by atoms with Gasteiger partial charge in [-0.05, 0) is 39.8 Å². The van der Waals surface area contributed by atoms with Crippen LogP contribution in [0.4, 0.5) is 4.79 Å². The maximum Gasteiger partial charge on any atom is 0.407 e. The fourth-order valence-electron chi connectivity index (χ4n) is 1.32. The van der Waals surface area contributed by atoms with Gasteiger partial charge in [0.05, 0.1) is 0 Å². The first-order valence-electron chi connectivity index (χ1n) is 6.13. The van der Waals surface area contributed by atoms with Gasteiger partial charge < -0.3 is 15.4 Å². The zero-order valence-electron chi connectivity index (χ0n) is 11.2. The minimum Gasteiger partial charge on any atom is -0.444 e. The molecule has 0 aliphatic heterocycles. The Morgan fingerprint density at radius 1 is 1.44 bits per heavy atom. The Morgan fingerprint density at radius 2 is 2.22 bits per heavy atom. The number of hydrogen-bond acceptors (Lipinski definition) is 4. The predicted molar refractivity (Wildman–Crippen MR) is 69.1 cm³/mol. The van der Waals surface area contributed by atoms with E-state index in [0.717, 1.165) is 25.2 Å². The van der Waals surface area contributed by atoms with Gasteiger partial charge >= 0.3 is 6.09 Å². The number of ether oxygens (including phenoxy) is 1. The first-order valence-corrected chi connectivity index (χ1v) is 6.13. The van der Waals surface area contributed by atoms with Gasteiger partial charge in [-0.3, -0.25) is 5.10 Å². The maximum absolute atomic E-state index is 11.3. The van der Waals surface area contributed by atoms with Gasteiger partial charge in [-0.15, -0.1) is 0 Å². The fraction of sp³-hybridized carbons (Fsp3) is 0.667. The Labute approximate surface area is 107 Å². The van der Waals surface area contributed by atoms with Crippen LogP contribution in [0, 0.1) is 0 Å². The van der Waals surface area contributed by atoms with Crippen LogP contribution in [-0.2, 0) is 11.3 Å². The summed E-state index contributed by atoms with van der Waals surface area (Å²) in [7, 11) is 0. The number of amides is 1. The van der Waals surface area contributed by atoms with Crippen molar-refractivity contribution >= 4 is 6.09 Å². The molecule has 0 radical (unpaired) electrons. The second-order valence-electron chi connectivity index (χ2n) is 5.04. The van der Waals surface area contributed by atoms with Crippen molar-refractivity contribution < 1.29 is 9.53 Å². The molecule has 0 aliphatic carbocycles. The number of alkyl carbamates (subject to hydrolysis) is 1. The highest BCUT2D eigenvalue weighted by Gasteiger charge is 2.15. The minimum absolute atomic E-state index is 0.365. The molecule has 102 valence electrons. The molecule has 0 fully saturated rings. The molecule has 6 heteroatoms. The van der Waals surface area contributed by atoms with E-state index in [1.807, 2.05) is 26.8 Å². The standard InChI is InChI=1S/C12H22N4O2/c1-12(2,3)18-11(17)14-7-4-6-13-9-10-5-8-15-16-10/h5,8,13H,4,6-7,9H2,1-3H3,(H,14,17)(H,15,16). The van der Waals surface area contributed by atoms with Gasteiger partial charge in [0, 0.05) is 25.0 Å². The second-order valence-corrected chi connectivity index (χ2v) is 5.04. The maximum atomic E-state index is 11.3. The Hall–Kier alpha value is -1.56. The smallest absolute Gasteiger partial charge is 0.407 e. The normalized spacial score (nSPS) is 11.3. The number of aromatic amines is 1. The van der Waals surface area contributed by atoms with Crippen molar-refractivity contribution in [3.63, 3.8) is 0 Å². The van der Waals surface area contributed by atoms with E-state index in [2.05, 4.69) is 20.8 Å². The largest absolute Gasteiger partial charge is 0.444 e. The first-order chi connectivity index (χ1) is 8.47. The SMILES string of the molecule is CC(C)(C)OC(=O)NCCCNCc1ccn[nH]1. The molecule has 3 N–H and O–H groups in total. The molecule has 1 rings (SSSR count). The molecule has 0 saturated carbocycles. The summed E-state index contributed by atoms with van der Waals surface area (Å²) in [5, 5.41) is 12.7. The molecule has 0 unspecified atom stereocenters. The third-order valence-electron chi connectivity index (χ3n) is 2.07. The van der Waals surface area contributed by atoms with E-state index in [4.69, 9.17) is 4.74 Å². The highest BCUT2D eigenvalue weighted by Crippen LogP contribution is 2.06. The van der Waals surface area contributed by atoms with Gasteiger partial charge in [0.2, 0.25) is 0 Å². The number of H-pyrrole nitrogens is 1. The van der Waals surface area contributed by atoms with E-state index in [1.165, 1.54) is 0 Å². The number of nitrogens with one attached hydrogen (secondary N) is 3. The fourth-order valence-corrected chi connectivity index (χ4v) is 1.32. The molecular weight excluding hydrogens is 232 g/mol. The van der Waals surface area contributed by atoms with E-state index in [0.29, 0.717) is 6.54 Å². The van der Waals surface area contributed by atoms with E-state index < -0.39 is 5.60 Å². The van der Waals surface area contributed by atoms with Crippen molar-refractivity contribution in [2.45, 2.75) is 39.3 Å². The molecule has 0 atom stereocenters. The van der Waals surface area contributed by atoms with Gasteiger partial charge in [-0.25, -0.2) is 4.79 Å². The van der Waals surface area contributed by atoms with Crippen LogP contribution >= 0.6 is 0 Å². The van der Waals surface area contributed by atoms with E-state index in [-0.39, 0.29) is 6.09 Å². The number of aromatic nitrogens is 2. The van der Waals surface area contributed by atoms with Crippen molar-refractivity contribution in [2.24, 2.45) is 0 Å². The van der Waals surface area contributed by atoms with Crippen molar-refractivity contribution in [1.82, 2.24) is 20.8 Å². The van der Waals surface area contributed by atoms with Crippen molar-refractivity contribution in [3.05, 3.63) is 18.0 Å². The lowest BCUT2D eigenvalue weighted by molar-refractivity contribution is 0.0527. The van der Waals surface area contributed by atoms with Crippen molar-refractivity contribution in [2.75, 3.05) is 13.1 Å². The summed E-state index contributed by atoms with van der Waals surface area (Å²) >= 11 is 0. The van der Waals surface area contributed by atoms with Gasteiger partial charge in [-0.2, -0.15) is 5.10 Å². The van der Waals surface area contributed by atoms with Gasteiger partial charge in [0.1, 0.15) is 5.60 Å². The summed E-state index contributed by atoms with van der Waals surface area (Å²) in [4.78, 5) is 11.3. The molecule has 18 heavy (non-hydrogen) atoms. The Kier molecular flexibility index (Phi) is 5.64. The first kappa shape index (κ1) is 14.5. The van der Waals surface area contributed by atoms with E-state index in [1.54, 1.807) is 6.20 Å². The van der Waals surface area contributed by atoms with Gasteiger partial charge in [0.25, 0.3) is 0 Å². The van der Waals surface area contributed by atoms with Crippen molar-refractivity contribution in [3.8, 4) is 0 Å². The number of carbonyl (C=O) groups excluding carboxylic acids is 1. The topological polar surface area (TPSA) is 79.0 Å². The van der Waals surface area contributed by atoms with Crippen LogP contribution in [-0.4, -0.2) is 35.0 Å². The van der Waals surface area contributed by atoms with Crippen LogP contribution in [0.15, 0.2) is 12.3 Å². The molecule has 1 amide bonds. The summed E-state index contributed by atoms with van der Waals surface area (Å²) in [5.74, 6) is 0. The highest BCUT2D eigenvalue weighted by atomic mass is 16.6. The molecule has 1 aromatic heterocycles. The molecular formula is C12H22N4O2. The average molecular weight is 254 g/mol. The third-order valence-corrected chi connectivity index (χ3v) is 2.07. The lowest BCUT2D eigenvalue weighted by Gasteiger charge is -2.19. The van der Waals surface area contributed by atoms with E-state index >= 15 is 0 Å².